The molecule has 6 nitrogen and oxygen atoms in total. The summed E-state index contributed by atoms with van der Waals surface area (Å²) in [6.45, 7) is 0. The Kier molecular flexibility index (Phi) is 3.19. The van der Waals surface area contributed by atoms with Gasteiger partial charge in [-0.3, -0.25) is 0 Å². The Morgan fingerprint density at radius 2 is 1.75 bits per heavy atom. The minimum Gasteiger partial charge on any atom is -0.494 e. The minimum atomic E-state index is -0.390. The number of hydrogen-bond acceptors (Lipinski definition) is 8. The second-order valence-electron chi connectivity index (χ2n) is 3.87. The number of nitrogens with zero attached hydrogens (tertiary/aromatic N) is 2. The molecule has 0 atom stereocenters. The summed E-state index contributed by atoms with van der Waals surface area (Å²) in [6, 6.07) is 1.73. The molecule has 2 aromatic heterocycles. The second-order valence-corrected chi connectivity index (χ2v) is 5.45. The van der Waals surface area contributed by atoms with Gasteiger partial charge in [-0.2, -0.15) is 8.75 Å². The lowest BCUT2D eigenvalue weighted by Gasteiger charge is -2.06. The van der Waals surface area contributed by atoms with Gasteiger partial charge in [0.25, 0.3) is 0 Å². The number of benzene rings is 1. The Balaban J connectivity index is 2.44. The van der Waals surface area contributed by atoms with Gasteiger partial charge in [0.1, 0.15) is 4.88 Å². The largest absolute Gasteiger partial charge is 0.494 e. The van der Waals surface area contributed by atoms with E-state index in [1.54, 1.807) is 20.3 Å². The maximum Gasteiger partial charge on any atom is 0.348 e. The number of esters is 1. The Morgan fingerprint density at radius 1 is 1.10 bits per heavy atom. The Bertz CT molecular complexity index is 753. The summed E-state index contributed by atoms with van der Waals surface area (Å²) in [5.74, 6) is 0.805. The van der Waals surface area contributed by atoms with Crippen molar-refractivity contribution in [1.29, 1.82) is 0 Å². The number of carbonyl (C=O) groups excluding carboxylic acids is 1. The van der Waals surface area contributed by atoms with E-state index in [2.05, 4.69) is 8.75 Å². The van der Waals surface area contributed by atoms with Crippen LogP contribution in [0.5, 0.6) is 11.5 Å². The lowest BCUT2D eigenvalue weighted by Crippen LogP contribution is -1.96. The zero-order valence-corrected chi connectivity index (χ0v) is 12.6. The number of rotatable bonds is 3. The minimum absolute atomic E-state index is 0.390. The summed E-state index contributed by atoms with van der Waals surface area (Å²) in [5.41, 5.74) is 1.27. The van der Waals surface area contributed by atoms with Crippen LogP contribution in [-0.2, 0) is 4.74 Å². The summed E-state index contributed by atoms with van der Waals surface area (Å²) in [6.07, 6.45) is 0. The summed E-state index contributed by atoms with van der Waals surface area (Å²) >= 11 is 2.38. The maximum absolute atomic E-state index is 11.7. The highest BCUT2D eigenvalue weighted by molar-refractivity contribution is 7.21. The summed E-state index contributed by atoms with van der Waals surface area (Å²) in [7, 11) is 4.48. The van der Waals surface area contributed by atoms with E-state index in [1.807, 2.05) is 0 Å². The average molecular weight is 310 g/mol. The van der Waals surface area contributed by atoms with Gasteiger partial charge in [0, 0.05) is 5.39 Å². The van der Waals surface area contributed by atoms with Gasteiger partial charge in [-0.25, -0.2) is 4.79 Å². The van der Waals surface area contributed by atoms with E-state index in [4.69, 9.17) is 14.2 Å². The van der Waals surface area contributed by atoms with Gasteiger partial charge in [0.15, 0.2) is 22.5 Å². The van der Waals surface area contributed by atoms with E-state index in [1.165, 1.54) is 18.4 Å². The van der Waals surface area contributed by atoms with Crippen molar-refractivity contribution in [1.82, 2.24) is 8.75 Å². The predicted molar refractivity (Wildman–Crippen MR) is 77.2 cm³/mol. The molecule has 20 heavy (non-hydrogen) atoms. The van der Waals surface area contributed by atoms with Gasteiger partial charge in [0.2, 0.25) is 0 Å². The van der Waals surface area contributed by atoms with Gasteiger partial charge in [-0.1, -0.05) is 0 Å². The molecule has 0 N–H and O–H groups in total. The summed E-state index contributed by atoms with van der Waals surface area (Å²) in [5, 5.41) is 0.773. The maximum atomic E-state index is 11.7. The first-order valence-corrected chi connectivity index (χ1v) is 7.14. The number of hydrogen-bond donors (Lipinski definition) is 0. The standard InChI is InChI=1S/C12H10N2O4S2/c1-16-9-5-4-6(12(15)18-3)19-11(5)10(17-2)8-7(9)13-20-14-8/h4H,1-3H3. The molecule has 0 aliphatic rings. The van der Waals surface area contributed by atoms with Crippen molar-refractivity contribution in [3.8, 4) is 11.5 Å². The van der Waals surface area contributed by atoms with Gasteiger partial charge in [-0.15, -0.1) is 11.3 Å². The molecule has 0 aliphatic heterocycles. The smallest absolute Gasteiger partial charge is 0.348 e. The first-order valence-electron chi connectivity index (χ1n) is 5.59. The van der Waals surface area contributed by atoms with Crippen LogP contribution in [0.4, 0.5) is 0 Å². The number of fused-ring (bicyclic) bond motifs is 2. The van der Waals surface area contributed by atoms with Crippen LogP contribution in [0.2, 0.25) is 0 Å². The molecule has 0 aliphatic carbocycles. The molecular formula is C12H10N2O4S2. The highest BCUT2D eigenvalue weighted by Gasteiger charge is 2.23. The topological polar surface area (TPSA) is 70.5 Å². The van der Waals surface area contributed by atoms with Crippen molar-refractivity contribution in [3.05, 3.63) is 10.9 Å². The number of carbonyl (C=O) groups is 1. The molecule has 0 saturated heterocycles. The van der Waals surface area contributed by atoms with Crippen LogP contribution >= 0.6 is 23.1 Å². The van der Waals surface area contributed by atoms with Crippen molar-refractivity contribution >= 4 is 50.2 Å². The fraction of sp³-hybridized carbons (Fsp3) is 0.250. The molecule has 104 valence electrons. The van der Waals surface area contributed by atoms with Crippen molar-refractivity contribution < 1.29 is 19.0 Å². The number of methoxy groups -OCH3 is 3. The van der Waals surface area contributed by atoms with Crippen LogP contribution in [-0.4, -0.2) is 36.0 Å². The van der Waals surface area contributed by atoms with E-state index in [-0.39, 0.29) is 0 Å². The molecule has 0 spiro atoms. The monoisotopic (exact) mass is 310 g/mol. The van der Waals surface area contributed by atoms with Crippen molar-refractivity contribution in [2.75, 3.05) is 21.3 Å². The average Bonchev–Trinajstić information content (AvgIpc) is 3.10. The number of thiophene rings is 1. The molecule has 0 saturated carbocycles. The van der Waals surface area contributed by atoms with Crippen LogP contribution in [0.3, 0.4) is 0 Å². The summed E-state index contributed by atoms with van der Waals surface area (Å²) < 4.78 is 24.9. The lowest BCUT2D eigenvalue weighted by molar-refractivity contribution is 0.0606. The fourth-order valence-electron chi connectivity index (χ4n) is 2.05. The van der Waals surface area contributed by atoms with Crippen molar-refractivity contribution in [2.24, 2.45) is 0 Å². The third-order valence-electron chi connectivity index (χ3n) is 2.90. The van der Waals surface area contributed by atoms with E-state index in [0.29, 0.717) is 27.4 Å². The Hall–Kier alpha value is -1.93. The molecular weight excluding hydrogens is 300 g/mol. The second kappa shape index (κ2) is 4.88. The quantitative estimate of drug-likeness (QED) is 0.693. The highest BCUT2D eigenvalue weighted by Crippen LogP contribution is 2.45. The van der Waals surface area contributed by atoms with Gasteiger partial charge < -0.3 is 14.2 Å². The zero-order chi connectivity index (χ0) is 14.3. The molecule has 3 rings (SSSR count). The van der Waals surface area contributed by atoms with Crippen LogP contribution in [0.1, 0.15) is 9.67 Å². The normalized spacial score (nSPS) is 10.9. The third-order valence-corrected chi connectivity index (χ3v) is 4.54. The van der Waals surface area contributed by atoms with Crippen LogP contribution in [0, 0.1) is 0 Å². The van der Waals surface area contributed by atoms with Crippen LogP contribution in [0.15, 0.2) is 6.07 Å². The first kappa shape index (κ1) is 13.1. The van der Waals surface area contributed by atoms with Crippen LogP contribution < -0.4 is 9.47 Å². The fourth-order valence-corrected chi connectivity index (χ4v) is 3.69. The highest BCUT2D eigenvalue weighted by atomic mass is 32.1. The number of ether oxygens (including phenoxy) is 3. The Labute approximate surface area is 122 Å². The van der Waals surface area contributed by atoms with Crippen molar-refractivity contribution in [2.45, 2.75) is 0 Å². The summed E-state index contributed by atoms with van der Waals surface area (Å²) in [4.78, 5) is 12.2. The van der Waals surface area contributed by atoms with E-state index in [9.17, 15) is 4.79 Å². The molecule has 2 heterocycles. The molecule has 0 unspecified atom stereocenters. The van der Waals surface area contributed by atoms with Crippen LogP contribution in [0.25, 0.3) is 21.1 Å². The molecule has 0 amide bonds. The van der Waals surface area contributed by atoms with Gasteiger partial charge in [-0.05, 0) is 6.07 Å². The third kappa shape index (κ3) is 1.72. The SMILES string of the molecule is COC(=O)c1cc2c(OC)c3nsnc3c(OC)c2s1. The lowest BCUT2D eigenvalue weighted by atomic mass is 10.2. The molecule has 0 radical (unpaired) electrons. The predicted octanol–water partition coefficient (Wildman–Crippen LogP) is 2.71. The zero-order valence-electron chi connectivity index (χ0n) is 10.9. The molecule has 3 aromatic rings. The van der Waals surface area contributed by atoms with E-state index in [0.717, 1.165) is 21.8 Å². The molecule has 0 bridgehead atoms. The molecule has 0 fully saturated rings. The Morgan fingerprint density at radius 3 is 2.35 bits per heavy atom. The van der Waals surface area contributed by atoms with Gasteiger partial charge >= 0.3 is 5.97 Å². The van der Waals surface area contributed by atoms with Gasteiger partial charge in [0.05, 0.1) is 37.8 Å². The first-order chi connectivity index (χ1) is 9.71. The van der Waals surface area contributed by atoms with Crippen molar-refractivity contribution in [3.63, 3.8) is 0 Å². The van der Waals surface area contributed by atoms with E-state index < -0.39 is 5.97 Å². The van der Waals surface area contributed by atoms with E-state index >= 15 is 0 Å². The molecule has 1 aromatic carbocycles. The molecule has 8 heteroatoms. The number of aromatic nitrogens is 2.